The highest BCUT2D eigenvalue weighted by atomic mass is 16.1. The van der Waals surface area contributed by atoms with Crippen molar-refractivity contribution in [2.75, 3.05) is 6.54 Å². The third-order valence-corrected chi connectivity index (χ3v) is 3.04. The minimum atomic E-state index is 0.120. The van der Waals surface area contributed by atoms with Crippen LogP contribution in [0.1, 0.15) is 33.1 Å². The van der Waals surface area contributed by atoms with E-state index in [1.807, 2.05) is 0 Å². The molecule has 2 heteroatoms. The predicted octanol–water partition coefficient (Wildman–Crippen LogP) is 2.14. The number of rotatable bonds is 4. The van der Waals surface area contributed by atoms with Gasteiger partial charge in [0.05, 0.1) is 0 Å². The van der Waals surface area contributed by atoms with E-state index in [0.29, 0.717) is 5.92 Å². The molecule has 0 bridgehead atoms. The molecule has 2 unspecified atom stereocenters. The molecule has 1 aliphatic rings. The Labute approximate surface area is 86.6 Å². The van der Waals surface area contributed by atoms with Gasteiger partial charge in [0, 0.05) is 5.92 Å². The van der Waals surface area contributed by atoms with Crippen molar-refractivity contribution in [2.45, 2.75) is 33.1 Å². The molecule has 0 aromatic rings. The molecule has 0 aromatic carbocycles. The minimum Gasteiger partial charge on any atom is -0.330 e. The van der Waals surface area contributed by atoms with Crippen LogP contribution in [0.5, 0.6) is 0 Å². The van der Waals surface area contributed by atoms with Crippen LogP contribution in [0.4, 0.5) is 0 Å². The average molecular weight is 195 g/mol. The molecule has 0 amide bonds. The van der Waals surface area contributed by atoms with Gasteiger partial charge in [0.2, 0.25) is 0 Å². The zero-order valence-corrected chi connectivity index (χ0v) is 9.20. The van der Waals surface area contributed by atoms with Crippen molar-refractivity contribution >= 4 is 6.29 Å². The first-order chi connectivity index (χ1) is 6.59. The maximum atomic E-state index is 10.9. The van der Waals surface area contributed by atoms with Gasteiger partial charge in [0.25, 0.3) is 0 Å². The van der Waals surface area contributed by atoms with E-state index in [-0.39, 0.29) is 11.3 Å². The molecule has 0 heterocycles. The van der Waals surface area contributed by atoms with Gasteiger partial charge in [-0.3, -0.25) is 0 Å². The fourth-order valence-corrected chi connectivity index (χ4v) is 2.24. The third kappa shape index (κ3) is 2.95. The standard InChI is InChI=1S/C12H21NO/c1-12(2)6-5-11(9-14)10(8-12)4-3-7-13/h5-6,9-11H,3-4,7-8,13H2,1-2H3. The summed E-state index contributed by atoms with van der Waals surface area (Å²) in [5, 5.41) is 0. The van der Waals surface area contributed by atoms with Gasteiger partial charge in [-0.1, -0.05) is 26.0 Å². The molecule has 1 rings (SSSR count). The molecule has 0 aliphatic heterocycles. The second-order valence-electron chi connectivity index (χ2n) is 4.96. The highest BCUT2D eigenvalue weighted by molar-refractivity contribution is 5.57. The van der Waals surface area contributed by atoms with E-state index in [2.05, 4.69) is 26.0 Å². The number of aldehydes is 1. The number of allylic oxidation sites excluding steroid dienone is 2. The molecule has 0 saturated heterocycles. The van der Waals surface area contributed by atoms with Crippen molar-refractivity contribution in [3.05, 3.63) is 12.2 Å². The highest BCUT2D eigenvalue weighted by Gasteiger charge is 2.29. The topological polar surface area (TPSA) is 43.1 Å². The molecule has 80 valence electrons. The number of nitrogens with two attached hydrogens (primary N) is 1. The van der Waals surface area contributed by atoms with Gasteiger partial charge in [0.15, 0.2) is 0 Å². The van der Waals surface area contributed by atoms with Crippen molar-refractivity contribution in [2.24, 2.45) is 23.0 Å². The van der Waals surface area contributed by atoms with Crippen LogP contribution in [0.15, 0.2) is 12.2 Å². The Bertz CT molecular complexity index is 220. The van der Waals surface area contributed by atoms with E-state index in [1.54, 1.807) is 0 Å². The summed E-state index contributed by atoms with van der Waals surface area (Å²) in [5.41, 5.74) is 5.74. The molecule has 0 spiro atoms. The first-order valence-electron chi connectivity index (χ1n) is 5.44. The molecule has 2 nitrogen and oxygen atoms in total. The summed E-state index contributed by atoms with van der Waals surface area (Å²) in [4.78, 5) is 10.9. The van der Waals surface area contributed by atoms with Crippen LogP contribution in [0.2, 0.25) is 0 Å². The van der Waals surface area contributed by atoms with E-state index in [1.165, 1.54) is 0 Å². The fourth-order valence-electron chi connectivity index (χ4n) is 2.24. The lowest BCUT2D eigenvalue weighted by atomic mass is 9.71. The van der Waals surface area contributed by atoms with E-state index in [4.69, 9.17) is 5.73 Å². The van der Waals surface area contributed by atoms with Gasteiger partial charge < -0.3 is 10.5 Å². The zero-order chi connectivity index (χ0) is 10.6. The normalized spacial score (nSPS) is 30.2. The van der Waals surface area contributed by atoms with E-state index < -0.39 is 0 Å². The van der Waals surface area contributed by atoms with Gasteiger partial charge in [0.1, 0.15) is 6.29 Å². The van der Waals surface area contributed by atoms with Crippen LogP contribution >= 0.6 is 0 Å². The number of carbonyl (C=O) groups excluding carboxylic acids is 1. The van der Waals surface area contributed by atoms with E-state index in [0.717, 1.165) is 32.1 Å². The fraction of sp³-hybridized carbons (Fsp3) is 0.750. The number of hydrogen-bond acceptors (Lipinski definition) is 2. The Balaban J connectivity index is 2.62. The molecule has 2 N–H and O–H groups in total. The molecule has 0 fully saturated rings. The first kappa shape index (κ1) is 11.4. The molecule has 1 aliphatic carbocycles. The van der Waals surface area contributed by atoms with Crippen LogP contribution in [0.3, 0.4) is 0 Å². The maximum absolute atomic E-state index is 10.9. The Morgan fingerprint density at radius 2 is 2.29 bits per heavy atom. The summed E-state index contributed by atoms with van der Waals surface area (Å²) in [6.45, 7) is 5.17. The van der Waals surface area contributed by atoms with Crippen molar-refractivity contribution < 1.29 is 4.79 Å². The molecular formula is C12H21NO. The van der Waals surface area contributed by atoms with Crippen molar-refractivity contribution in [3.8, 4) is 0 Å². The van der Waals surface area contributed by atoms with Gasteiger partial charge in [-0.2, -0.15) is 0 Å². The van der Waals surface area contributed by atoms with Crippen LogP contribution in [0.25, 0.3) is 0 Å². The Kier molecular flexibility index (Phi) is 3.87. The quantitative estimate of drug-likeness (QED) is 0.551. The van der Waals surface area contributed by atoms with Crippen LogP contribution in [-0.4, -0.2) is 12.8 Å². The summed E-state index contributed by atoms with van der Waals surface area (Å²) in [5.74, 6) is 0.616. The molecule has 0 aromatic heterocycles. The largest absolute Gasteiger partial charge is 0.330 e. The van der Waals surface area contributed by atoms with Gasteiger partial charge in [-0.25, -0.2) is 0 Å². The number of hydrogen-bond donors (Lipinski definition) is 1. The van der Waals surface area contributed by atoms with E-state index in [9.17, 15) is 4.79 Å². The maximum Gasteiger partial charge on any atom is 0.127 e. The van der Waals surface area contributed by atoms with Crippen molar-refractivity contribution in [3.63, 3.8) is 0 Å². The van der Waals surface area contributed by atoms with Crippen molar-refractivity contribution in [1.29, 1.82) is 0 Å². The highest BCUT2D eigenvalue weighted by Crippen LogP contribution is 2.37. The van der Waals surface area contributed by atoms with Crippen molar-refractivity contribution in [1.82, 2.24) is 0 Å². The third-order valence-electron chi connectivity index (χ3n) is 3.04. The molecular weight excluding hydrogens is 174 g/mol. The molecule has 2 atom stereocenters. The second-order valence-corrected chi connectivity index (χ2v) is 4.96. The monoisotopic (exact) mass is 195 g/mol. The summed E-state index contributed by atoms with van der Waals surface area (Å²) < 4.78 is 0. The molecule has 0 radical (unpaired) electrons. The minimum absolute atomic E-state index is 0.120. The summed E-state index contributed by atoms with van der Waals surface area (Å²) in [7, 11) is 0. The average Bonchev–Trinajstić information content (AvgIpc) is 2.14. The summed E-state index contributed by atoms with van der Waals surface area (Å²) in [6, 6.07) is 0. The van der Waals surface area contributed by atoms with Gasteiger partial charge >= 0.3 is 0 Å². The van der Waals surface area contributed by atoms with E-state index >= 15 is 0 Å². The second kappa shape index (κ2) is 4.74. The van der Waals surface area contributed by atoms with Crippen LogP contribution in [-0.2, 0) is 4.79 Å². The summed E-state index contributed by atoms with van der Waals surface area (Å²) in [6.07, 6.45) is 8.52. The van der Waals surface area contributed by atoms with Crippen LogP contribution in [0, 0.1) is 17.3 Å². The van der Waals surface area contributed by atoms with Crippen LogP contribution < -0.4 is 5.73 Å². The lowest BCUT2D eigenvalue weighted by Crippen LogP contribution is -2.26. The summed E-state index contributed by atoms with van der Waals surface area (Å²) >= 11 is 0. The Morgan fingerprint density at radius 3 is 2.86 bits per heavy atom. The molecule has 14 heavy (non-hydrogen) atoms. The molecule has 0 saturated carbocycles. The first-order valence-corrected chi connectivity index (χ1v) is 5.44. The zero-order valence-electron chi connectivity index (χ0n) is 9.20. The lowest BCUT2D eigenvalue weighted by Gasteiger charge is -2.34. The lowest BCUT2D eigenvalue weighted by molar-refractivity contribution is -0.111. The number of carbonyl (C=O) groups is 1. The smallest absolute Gasteiger partial charge is 0.127 e. The Morgan fingerprint density at radius 1 is 1.57 bits per heavy atom. The SMILES string of the molecule is CC1(C)C=CC(C=O)C(CCCN)C1. The predicted molar refractivity (Wildman–Crippen MR) is 58.9 cm³/mol. The Hall–Kier alpha value is -0.630. The van der Waals surface area contributed by atoms with Gasteiger partial charge in [-0.15, -0.1) is 0 Å². The van der Waals surface area contributed by atoms with Gasteiger partial charge in [-0.05, 0) is 37.1 Å².